The molecule has 0 amide bonds. The lowest BCUT2D eigenvalue weighted by atomic mass is 9.98. The smallest absolute Gasteiger partial charge is 0.0386 e. The number of halogens is 1. The normalized spacial score (nSPS) is 29.8. The Morgan fingerprint density at radius 1 is 1.31 bits per heavy atom. The lowest BCUT2D eigenvalue weighted by Crippen LogP contribution is -2.43. The van der Waals surface area contributed by atoms with Crippen molar-refractivity contribution in [2.45, 2.75) is 52.5 Å². The molecule has 0 aromatic rings. The van der Waals surface area contributed by atoms with Crippen LogP contribution in [0.15, 0.2) is 0 Å². The topological polar surface area (TPSA) is 3.24 Å². The van der Waals surface area contributed by atoms with Crippen LogP contribution in [-0.4, -0.2) is 29.4 Å². The van der Waals surface area contributed by atoms with Crippen LogP contribution in [0.2, 0.25) is 0 Å². The van der Waals surface area contributed by atoms with E-state index in [-0.39, 0.29) is 0 Å². The zero-order valence-electron chi connectivity index (χ0n) is 9.68. The first-order valence-corrected chi connectivity index (χ1v) is 5.93. The monoisotopic (exact) mass is 205 g/mol. The molecule has 1 saturated heterocycles. The molecule has 1 heterocycles. The Labute approximate surface area is 88.5 Å². The summed E-state index contributed by atoms with van der Waals surface area (Å²) in [6.07, 6.45) is 1.15. The van der Waals surface area contributed by atoms with E-state index in [2.05, 4.69) is 25.7 Å². The van der Waals surface area contributed by atoms with Crippen molar-refractivity contribution in [2.75, 3.05) is 13.1 Å². The molecule has 2 unspecified atom stereocenters. The summed E-state index contributed by atoms with van der Waals surface area (Å²) in [4.78, 5) is 2.50. The van der Waals surface area contributed by atoms with Gasteiger partial charge in [0.05, 0.1) is 0 Å². The summed E-state index contributed by atoms with van der Waals surface area (Å²) in [6.45, 7) is 13.1. The maximum absolute atomic E-state index is 6.11. The molecule has 1 rings (SSSR count). The van der Waals surface area contributed by atoms with Crippen molar-refractivity contribution >= 4 is 11.6 Å². The van der Waals surface area contributed by atoms with Crippen molar-refractivity contribution < 1.29 is 0 Å². The van der Waals surface area contributed by atoms with Crippen LogP contribution in [0.3, 0.4) is 0 Å². The van der Waals surface area contributed by atoms with Crippen molar-refractivity contribution in [3.05, 3.63) is 0 Å². The molecule has 13 heavy (non-hydrogen) atoms. The van der Waals surface area contributed by atoms with Crippen molar-refractivity contribution in [2.24, 2.45) is 5.92 Å². The molecule has 0 saturated carbocycles. The Morgan fingerprint density at radius 3 is 2.23 bits per heavy atom. The zero-order valence-corrected chi connectivity index (χ0v) is 10.4. The molecular weight excluding hydrogens is 182 g/mol. The number of hydrogen-bond donors (Lipinski definition) is 0. The summed E-state index contributed by atoms with van der Waals surface area (Å²) in [5.41, 5.74) is 0. The molecule has 0 bridgehead atoms. The van der Waals surface area contributed by atoms with Gasteiger partial charge in [-0.2, -0.15) is 0 Å². The van der Waals surface area contributed by atoms with Crippen molar-refractivity contribution in [1.29, 1.82) is 0 Å². The van der Waals surface area contributed by atoms with Gasteiger partial charge < -0.3 is 4.90 Å². The quantitative estimate of drug-likeness (QED) is 0.594. The molecule has 2 heteroatoms. The first-order valence-electron chi connectivity index (χ1n) is 5.49. The van der Waals surface area contributed by atoms with Crippen LogP contribution < -0.4 is 0 Å². The molecule has 1 aliphatic rings. The minimum absolute atomic E-state index is 0.407. The Morgan fingerprint density at radius 2 is 1.85 bits per heavy atom. The van der Waals surface area contributed by atoms with Gasteiger partial charge in [0.2, 0.25) is 0 Å². The fourth-order valence-corrected chi connectivity index (χ4v) is 1.80. The molecule has 0 aromatic carbocycles. The van der Waals surface area contributed by atoms with Crippen molar-refractivity contribution in [3.63, 3.8) is 0 Å². The summed E-state index contributed by atoms with van der Waals surface area (Å²) >= 11 is 6.11. The molecule has 0 radical (unpaired) electrons. The van der Waals surface area contributed by atoms with Crippen molar-refractivity contribution in [1.82, 2.24) is 4.90 Å². The van der Waals surface area contributed by atoms with Gasteiger partial charge in [0.25, 0.3) is 0 Å². The van der Waals surface area contributed by atoms with E-state index in [9.17, 15) is 0 Å². The van der Waals surface area contributed by atoms with Gasteiger partial charge in [0, 0.05) is 18.0 Å². The van der Waals surface area contributed by atoms with Gasteiger partial charge >= 0.3 is 0 Å². The van der Waals surface area contributed by atoms with Crippen LogP contribution in [0.4, 0.5) is 0 Å². The lowest BCUT2D eigenvalue weighted by molar-refractivity contribution is 0.150. The second kappa shape index (κ2) is 6.67. The van der Waals surface area contributed by atoms with Gasteiger partial charge in [-0.05, 0) is 32.7 Å². The molecular formula is C11H24ClN. The largest absolute Gasteiger partial charge is 0.301 e. The summed E-state index contributed by atoms with van der Waals surface area (Å²) in [5.74, 6) is 0.660. The van der Waals surface area contributed by atoms with E-state index in [1.54, 1.807) is 0 Å². The second-order valence-corrected chi connectivity index (χ2v) is 4.43. The highest BCUT2D eigenvalue weighted by atomic mass is 35.5. The Kier molecular flexibility index (Phi) is 6.79. The van der Waals surface area contributed by atoms with Crippen molar-refractivity contribution in [3.8, 4) is 0 Å². The Bertz CT molecular complexity index is 125. The molecule has 1 aliphatic heterocycles. The average molecular weight is 206 g/mol. The van der Waals surface area contributed by atoms with Crippen LogP contribution in [0, 0.1) is 5.92 Å². The summed E-state index contributed by atoms with van der Waals surface area (Å²) in [7, 11) is 0. The van der Waals surface area contributed by atoms with Gasteiger partial charge in [-0.25, -0.2) is 0 Å². The van der Waals surface area contributed by atoms with E-state index in [1.807, 2.05) is 13.8 Å². The highest BCUT2D eigenvalue weighted by Crippen LogP contribution is 2.22. The van der Waals surface area contributed by atoms with Gasteiger partial charge in [0.15, 0.2) is 0 Å². The van der Waals surface area contributed by atoms with Crippen LogP contribution in [0.1, 0.15) is 41.0 Å². The molecule has 1 nitrogen and oxygen atoms in total. The van der Waals surface area contributed by atoms with Crippen LogP contribution >= 0.6 is 11.6 Å². The number of piperidine rings is 1. The van der Waals surface area contributed by atoms with E-state index < -0.39 is 0 Å². The number of hydrogen-bond acceptors (Lipinski definition) is 1. The molecule has 2 atom stereocenters. The minimum atomic E-state index is 0.407. The lowest BCUT2D eigenvalue weighted by Gasteiger charge is -2.36. The first kappa shape index (κ1) is 13.2. The van der Waals surface area contributed by atoms with Crippen LogP contribution in [0.25, 0.3) is 0 Å². The molecule has 0 aliphatic carbocycles. The van der Waals surface area contributed by atoms with E-state index in [1.165, 1.54) is 13.1 Å². The number of alkyl halides is 1. The third kappa shape index (κ3) is 4.33. The van der Waals surface area contributed by atoms with Gasteiger partial charge in [-0.3, -0.25) is 0 Å². The Balaban J connectivity index is 0.000000671. The minimum Gasteiger partial charge on any atom is -0.301 e. The molecule has 80 valence electrons. The number of nitrogens with zero attached hydrogens (tertiary/aromatic N) is 1. The van der Waals surface area contributed by atoms with Gasteiger partial charge in [-0.15, -0.1) is 11.6 Å². The third-order valence-corrected chi connectivity index (χ3v) is 3.21. The second-order valence-electron chi connectivity index (χ2n) is 3.87. The van der Waals surface area contributed by atoms with Crippen LogP contribution in [0.5, 0.6) is 0 Å². The summed E-state index contributed by atoms with van der Waals surface area (Å²) in [5, 5.41) is 0.407. The standard InChI is InChI=1S/C9H18ClN.C2H6/c1-7(2)11-5-4-9(10)8(3)6-11;1-2/h7-9H,4-6H2,1-3H3;1-2H3. The summed E-state index contributed by atoms with van der Waals surface area (Å²) < 4.78 is 0. The predicted octanol–water partition coefficient (Wildman–Crippen LogP) is 3.37. The Hall–Kier alpha value is 0.250. The number of rotatable bonds is 1. The maximum Gasteiger partial charge on any atom is 0.0386 e. The van der Waals surface area contributed by atoms with E-state index >= 15 is 0 Å². The number of likely N-dealkylation sites (tertiary alicyclic amines) is 1. The van der Waals surface area contributed by atoms with E-state index in [0.29, 0.717) is 17.3 Å². The molecule has 0 aromatic heterocycles. The highest BCUT2D eigenvalue weighted by molar-refractivity contribution is 6.20. The predicted molar refractivity (Wildman–Crippen MR) is 61.5 cm³/mol. The molecule has 1 fully saturated rings. The first-order chi connectivity index (χ1) is 6.11. The third-order valence-electron chi connectivity index (χ3n) is 2.56. The maximum atomic E-state index is 6.11. The van der Waals surface area contributed by atoms with Crippen LogP contribution in [-0.2, 0) is 0 Å². The fraction of sp³-hybridized carbons (Fsp3) is 1.00. The highest BCUT2D eigenvalue weighted by Gasteiger charge is 2.25. The molecule has 0 N–H and O–H groups in total. The van der Waals surface area contributed by atoms with E-state index in [0.717, 1.165) is 6.42 Å². The SMILES string of the molecule is CC.CC1CN(C(C)C)CCC1Cl. The van der Waals surface area contributed by atoms with Gasteiger partial charge in [-0.1, -0.05) is 20.8 Å². The van der Waals surface area contributed by atoms with Gasteiger partial charge in [0.1, 0.15) is 0 Å². The summed E-state index contributed by atoms with van der Waals surface area (Å²) in [6, 6.07) is 0.682. The zero-order chi connectivity index (χ0) is 10.4. The fourth-order valence-electron chi connectivity index (χ4n) is 1.62. The van der Waals surface area contributed by atoms with E-state index in [4.69, 9.17) is 11.6 Å². The average Bonchev–Trinajstić information content (AvgIpc) is 2.13. The molecule has 0 spiro atoms.